The van der Waals surface area contributed by atoms with Crippen LogP contribution in [0.25, 0.3) is 0 Å². The zero-order chi connectivity index (χ0) is 11.0. The Hall–Kier alpha value is -1.54. The Labute approximate surface area is 78.9 Å². The standard InChI is InChI=1S/C6H10N4O4/c7-5(9(11)12)2-1-3-6(8,4-5)10(13)14/h1-2H,3-4,7-8H2. The fraction of sp³-hybridized carbons (Fsp3) is 0.667. The van der Waals surface area contributed by atoms with Crippen LogP contribution in [0, 0.1) is 20.2 Å². The van der Waals surface area contributed by atoms with Crippen molar-refractivity contribution in [2.45, 2.75) is 24.2 Å². The summed E-state index contributed by atoms with van der Waals surface area (Å²) in [5.41, 5.74) is 6.96. The van der Waals surface area contributed by atoms with Crippen molar-refractivity contribution in [2.24, 2.45) is 11.5 Å². The van der Waals surface area contributed by atoms with Gasteiger partial charge in [-0.15, -0.1) is 0 Å². The van der Waals surface area contributed by atoms with Gasteiger partial charge in [0.25, 0.3) is 11.3 Å². The number of nitro groups is 2. The lowest BCUT2D eigenvalue weighted by Crippen LogP contribution is -2.60. The molecule has 0 aromatic carbocycles. The highest BCUT2D eigenvalue weighted by molar-refractivity contribution is 5.08. The molecule has 4 N–H and O–H groups in total. The van der Waals surface area contributed by atoms with Gasteiger partial charge in [-0.3, -0.25) is 31.7 Å². The van der Waals surface area contributed by atoms with E-state index in [1.165, 1.54) is 6.08 Å². The van der Waals surface area contributed by atoms with E-state index < -0.39 is 27.6 Å². The fourth-order valence-corrected chi connectivity index (χ4v) is 1.35. The van der Waals surface area contributed by atoms with Crippen LogP contribution < -0.4 is 11.5 Å². The molecule has 0 fully saturated rings. The Balaban J connectivity index is 3.00. The summed E-state index contributed by atoms with van der Waals surface area (Å²) in [6, 6.07) is 0. The van der Waals surface area contributed by atoms with Crippen molar-refractivity contribution < 1.29 is 9.85 Å². The molecule has 0 saturated carbocycles. The van der Waals surface area contributed by atoms with Gasteiger partial charge in [0.2, 0.25) is 0 Å². The van der Waals surface area contributed by atoms with Crippen molar-refractivity contribution in [3.05, 3.63) is 32.4 Å². The first kappa shape index (κ1) is 10.5. The van der Waals surface area contributed by atoms with E-state index in [2.05, 4.69) is 0 Å². The number of hydrogen-bond donors (Lipinski definition) is 2. The molecular formula is C6H10N4O4. The Kier molecular flexibility index (Phi) is 2.26. The second kappa shape index (κ2) is 3.00. The molecule has 0 amide bonds. The van der Waals surface area contributed by atoms with Gasteiger partial charge >= 0.3 is 0 Å². The van der Waals surface area contributed by atoms with E-state index >= 15 is 0 Å². The van der Waals surface area contributed by atoms with Crippen LogP contribution in [0.4, 0.5) is 0 Å². The normalized spacial score (nSPS) is 36.7. The van der Waals surface area contributed by atoms with Gasteiger partial charge in [-0.2, -0.15) is 0 Å². The summed E-state index contributed by atoms with van der Waals surface area (Å²) in [7, 11) is 0. The third-order valence-electron chi connectivity index (χ3n) is 2.17. The van der Waals surface area contributed by atoms with Gasteiger partial charge in [-0.05, 0) is 0 Å². The van der Waals surface area contributed by atoms with Crippen LogP contribution in [-0.2, 0) is 0 Å². The van der Waals surface area contributed by atoms with Gasteiger partial charge in [0.1, 0.15) is 6.42 Å². The van der Waals surface area contributed by atoms with Gasteiger partial charge in [0.05, 0.1) is 6.42 Å². The van der Waals surface area contributed by atoms with Crippen LogP contribution in [0.15, 0.2) is 12.2 Å². The van der Waals surface area contributed by atoms with E-state index in [-0.39, 0.29) is 6.42 Å². The Bertz CT molecular complexity index is 317. The van der Waals surface area contributed by atoms with Crippen LogP contribution in [0.3, 0.4) is 0 Å². The molecule has 78 valence electrons. The summed E-state index contributed by atoms with van der Waals surface area (Å²) >= 11 is 0. The van der Waals surface area contributed by atoms with Crippen LogP contribution >= 0.6 is 0 Å². The molecule has 0 saturated heterocycles. The lowest BCUT2D eigenvalue weighted by Gasteiger charge is -2.28. The van der Waals surface area contributed by atoms with Crippen LogP contribution in [0.2, 0.25) is 0 Å². The number of hydrogen-bond acceptors (Lipinski definition) is 6. The minimum absolute atomic E-state index is 0.0488. The van der Waals surface area contributed by atoms with Gasteiger partial charge < -0.3 is 0 Å². The highest BCUT2D eigenvalue weighted by Gasteiger charge is 2.53. The largest absolute Gasteiger partial charge is 0.299 e. The first-order chi connectivity index (χ1) is 6.30. The molecular weight excluding hydrogens is 192 g/mol. The molecule has 8 heteroatoms. The first-order valence-electron chi connectivity index (χ1n) is 3.85. The molecule has 0 aromatic heterocycles. The maximum absolute atomic E-state index is 10.6. The second-order valence-electron chi connectivity index (χ2n) is 3.39. The molecule has 8 nitrogen and oxygen atoms in total. The van der Waals surface area contributed by atoms with Crippen LogP contribution in [0.1, 0.15) is 12.8 Å². The number of rotatable bonds is 2. The maximum Gasteiger partial charge on any atom is 0.299 e. The third kappa shape index (κ3) is 1.56. The first-order valence-corrected chi connectivity index (χ1v) is 3.85. The van der Waals surface area contributed by atoms with Crippen LogP contribution in [-0.4, -0.2) is 21.2 Å². The SMILES string of the molecule is NC1([N+](=O)[O-])C=CCC(N)([N+](=O)[O-])C1. The maximum atomic E-state index is 10.6. The molecule has 2 atom stereocenters. The number of nitrogens with two attached hydrogens (primary N) is 2. The minimum Gasteiger partial charge on any atom is -0.265 e. The molecule has 1 aliphatic carbocycles. The molecule has 0 spiro atoms. The molecule has 2 unspecified atom stereocenters. The predicted octanol–water partition coefficient (Wildman–Crippen LogP) is -0.800. The summed E-state index contributed by atoms with van der Waals surface area (Å²) in [6.45, 7) is 0. The van der Waals surface area contributed by atoms with E-state index in [4.69, 9.17) is 11.5 Å². The molecule has 0 heterocycles. The molecule has 1 aliphatic rings. The van der Waals surface area contributed by atoms with Gasteiger partial charge in [-0.1, -0.05) is 6.08 Å². The average Bonchev–Trinajstić information content (AvgIpc) is 2.03. The quantitative estimate of drug-likeness (QED) is 0.260. The Morgan fingerprint density at radius 3 is 2.21 bits per heavy atom. The fourth-order valence-electron chi connectivity index (χ4n) is 1.35. The van der Waals surface area contributed by atoms with E-state index in [9.17, 15) is 20.2 Å². The zero-order valence-electron chi connectivity index (χ0n) is 7.25. The highest BCUT2D eigenvalue weighted by atomic mass is 16.6. The van der Waals surface area contributed by atoms with E-state index in [1.54, 1.807) is 0 Å². The average molecular weight is 202 g/mol. The van der Waals surface area contributed by atoms with Crippen molar-refractivity contribution in [1.29, 1.82) is 0 Å². The predicted molar refractivity (Wildman–Crippen MR) is 46.2 cm³/mol. The van der Waals surface area contributed by atoms with Crippen molar-refractivity contribution in [1.82, 2.24) is 0 Å². The van der Waals surface area contributed by atoms with Crippen molar-refractivity contribution >= 4 is 0 Å². The topological polar surface area (TPSA) is 138 Å². The molecule has 0 bridgehead atoms. The summed E-state index contributed by atoms with van der Waals surface area (Å²) < 4.78 is 0. The van der Waals surface area contributed by atoms with E-state index in [0.29, 0.717) is 0 Å². The molecule has 0 radical (unpaired) electrons. The minimum atomic E-state index is -1.93. The summed E-state index contributed by atoms with van der Waals surface area (Å²) in [5.74, 6) is 0. The summed E-state index contributed by atoms with van der Waals surface area (Å²) in [6.07, 6.45) is 1.86. The highest BCUT2D eigenvalue weighted by Crippen LogP contribution is 2.27. The van der Waals surface area contributed by atoms with Crippen molar-refractivity contribution in [2.75, 3.05) is 0 Å². The molecule has 1 rings (SSSR count). The molecule has 14 heavy (non-hydrogen) atoms. The zero-order valence-corrected chi connectivity index (χ0v) is 7.25. The van der Waals surface area contributed by atoms with Gasteiger partial charge in [0.15, 0.2) is 0 Å². The van der Waals surface area contributed by atoms with E-state index in [1.807, 2.05) is 0 Å². The lowest BCUT2D eigenvalue weighted by molar-refractivity contribution is -0.608. The smallest absolute Gasteiger partial charge is 0.265 e. The Morgan fingerprint density at radius 2 is 1.79 bits per heavy atom. The van der Waals surface area contributed by atoms with Crippen molar-refractivity contribution in [3.63, 3.8) is 0 Å². The summed E-state index contributed by atoms with van der Waals surface area (Å²) in [5, 5.41) is 21.1. The van der Waals surface area contributed by atoms with Gasteiger partial charge in [-0.25, -0.2) is 0 Å². The Morgan fingerprint density at radius 1 is 1.21 bits per heavy atom. The summed E-state index contributed by atoms with van der Waals surface area (Å²) in [4.78, 5) is 19.6. The third-order valence-corrected chi connectivity index (χ3v) is 2.17. The van der Waals surface area contributed by atoms with Crippen molar-refractivity contribution in [3.8, 4) is 0 Å². The number of nitrogens with zero attached hydrogens (tertiary/aromatic N) is 2. The molecule has 0 aromatic rings. The van der Waals surface area contributed by atoms with Gasteiger partial charge in [0, 0.05) is 15.9 Å². The van der Waals surface area contributed by atoms with Crippen LogP contribution in [0.5, 0.6) is 0 Å². The van der Waals surface area contributed by atoms with E-state index in [0.717, 1.165) is 6.08 Å². The second-order valence-corrected chi connectivity index (χ2v) is 3.39. The monoisotopic (exact) mass is 202 g/mol. The molecule has 0 aliphatic heterocycles. The lowest BCUT2D eigenvalue weighted by atomic mass is 9.88.